The summed E-state index contributed by atoms with van der Waals surface area (Å²) in [4.78, 5) is 34.1. The van der Waals surface area contributed by atoms with Gasteiger partial charge in [0.25, 0.3) is 0 Å². The van der Waals surface area contributed by atoms with E-state index in [2.05, 4.69) is 30.5 Å². The third kappa shape index (κ3) is 10.7. The zero-order valence-electron chi connectivity index (χ0n) is 23.3. The van der Waals surface area contributed by atoms with E-state index >= 15 is 0 Å². The zero-order chi connectivity index (χ0) is 28.7. The molecular formula is C29H37N7O5. The fourth-order valence-electron chi connectivity index (χ4n) is 4.15. The first kappa shape index (κ1) is 29.7. The number of ether oxygens (including phenoxy) is 3. The standard InChI is InChI=1S/C29H37N7O5/c1-39-21-20-35-16-14-34(15-17-35)18-19-36-13-12-26(33-36)30-27(31-28(37)40-22-24-8-4-2-5-9-24)32-29(38)41-23-25-10-6-3-7-11-25/h2-13H,14-23H2,1H3,(H2,30,31,32,33,37,38). The Kier molecular flexibility index (Phi) is 11.7. The van der Waals surface area contributed by atoms with Crippen LogP contribution in [0.3, 0.4) is 0 Å². The van der Waals surface area contributed by atoms with Gasteiger partial charge in [0.05, 0.1) is 13.2 Å². The lowest BCUT2D eigenvalue weighted by atomic mass is 10.2. The van der Waals surface area contributed by atoms with E-state index in [4.69, 9.17) is 14.2 Å². The van der Waals surface area contributed by atoms with E-state index in [1.54, 1.807) is 17.9 Å². The highest BCUT2D eigenvalue weighted by molar-refractivity contribution is 6.02. The van der Waals surface area contributed by atoms with Crippen LogP contribution in [0.25, 0.3) is 0 Å². The Hall–Kier alpha value is -4.26. The quantitative estimate of drug-likeness (QED) is 0.270. The van der Waals surface area contributed by atoms with Crippen molar-refractivity contribution in [2.75, 3.05) is 53.0 Å². The molecule has 1 fully saturated rings. The highest BCUT2D eigenvalue weighted by Crippen LogP contribution is 2.09. The van der Waals surface area contributed by atoms with Crippen LogP contribution >= 0.6 is 0 Å². The molecular weight excluding hydrogens is 526 g/mol. The lowest BCUT2D eigenvalue weighted by Gasteiger charge is -2.34. The van der Waals surface area contributed by atoms with Gasteiger partial charge in [-0.2, -0.15) is 10.1 Å². The number of amides is 2. The number of alkyl carbamates (subject to hydrolysis) is 2. The fraction of sp³-hybridized carbons (Fsp3) is 0.379. The molecule has 1 saturated heterocycles. The van der Waals surface area contributed by atoms with Gasteiger partial charge in [0.2, 0.25) is 5.96 Å². The first-order chi connectivity index (χ1) is 20.1. The van der Waals surface area contributed by atoms with Crippen molar-refractivity contribution in [1.29, 1.82) is 0 Å². The second kappa shape index (κ2) is 16.1. The van der Waals surface area contributed by atoms with Crippen LogP contribution in [0.1, 0.15) is 11.1 Å². The number of hydrogen-bond donors (Lipinski definition) is 2. The predicted molar refractivity (Wildman–Crippen MR) is 154 cm³/mol. The molecule has 2 aromatic carbocycles. The first-order valence-corrected chi connectivity index (χ1v) is 13.6. The molecule has 0 radical (unpaired) electrons. The molecule has 2 amide bonds. The number of rotatable bonds is 11. The number of piperazine rings is 1. The summed E-state index contributed by atoms with van der Waals surface area (Å²) in [6, 6.07) is 20.2. The van der Waals surface area contributed by atoms with Crippen molar-refractivity contribution < 1.29 is 23.8 Å². The Bertz CT molecular complexity index is 1190. The summed E-state index contributed by atoms with van der Waals surface area (Å²) in [5, 5.41) is 9.45. The molecule has 12 heteroatoms. The van der Waals surface area contributed by atoms with E-state index in [9.17, 15) is 9.59 Å². The molecule has 41 heavy (non-hydrogen) atoms. The molecule has 0 bridgehead atoms. The molecule has 1 aliphatic heterocycles. The monoisotopic (exact) mass is 563 g/mol. The molecule has 0 spiro atoms. The summed E-state index contributed by atoms with van der Waals surface area (Å²) >= 11 is 0. The number of aliphatic imine (C=N–C) groups is 1. The van der Waals surface area contributed by atoms with Gasteiger partial charge in [-0.1, -0.05) is 60.7 Å². The summed E-state index contributed by atoms with van der Waals surface area (Å²) in [5.74, 6) is 0.162. The van der Waals surface area contributed by atoms with Gasteiger partial charge in [0, 0.05) is 58.6 Å². The van der Waals surface area contributed by atoms with Crippen LogP contribution in [-0.4, -0.2) is 90.7 Å². The van der Waals surface area contributed by atoms with Crippen LogP contribution in [0.15, 0.2) is 77.9 Å². The van der Waals surface area contributed by atoms with Gasteiger partial charge in [0.15, 0.2) is 5.82 Å². The van der Waals surface area contributed by atoms with Crippen molar-refractivity contribution >= 4 is 24.0 Å². The summed E-state index contributed by atoms with van der Waals surface area (Å²) < 4.78 is 17.5. The molecule has 2 N–H and O–H groups in total. The maximum absolute atomic E-state index is 12.5. The molecule has 0 aliphatic carbocycles. The summed E-state index contributed by atoms with van der Waals surface area (Å²) in [7, 11) is 1.73. The maximum Gasteiger partial charge on any atom is 0.414 e. The van der Waals surface area contributed by atoms with Gasteiger partial charge in [-0.3, -0.25) is 25.1 Å². The number of nitrogens with zero attached hydrogens (tertiary/aromatic N) is 5. The number of guanidine groups is 1. The van der Waals surface area contributed by atoms with E-state index in [0.717, 1.165) is 57.0 Å². The number of carbonyl (C=O) groups is 2. The molecule has 218 valence electrons. The Balaban J connectivity index is 1.32. The number of carbonyl (C=O) groups excluding carboxylic acids is 2. The molecule has 0 atom stereocenters. The average Bonchev–Trinajstić information content (AvgIpc) is 3.45. The lowest BCUT2D eigenvalue weighted by Crippen LogP contribution is -2.47. The lowest BCUT2D eigenvalue weighted by molar-refractivity contribution is 0.0948. The first-order valence-electron chi connectivity index (χ1n) is 13.6. The second-order valence-corrected chi connectivity index (χ2v) is 9.45. The van der Waals surface area contributed by atoms with Crippen molar-refractivity contribution in [1.82, 2.24) is 30.2 Å². The van der Waals surface area contributed by atoms with E-state index in [0.29, 0.717) is 12.4 Å². The molecule has 3 aromatic rings. The third-order valence-corrected chi connectivity index (χ3v) is 6.44. The van der Waals surface area contributed by atoms with E-state index in [1.165, 1.54) is 0 Å². The molecule has 1 aromatic heterocycles. The van der Waals surface area contributed by atoms with Crippen LogP contribution in [0.5, 0.6) is 0 Å². The summed E-state index contributed by atoms with van der Waals surface area (Å²) in [6.45, 7) is 7.37. The molecule has 12 nitrogen and oxygen atoms in total. The summed E-state index contributed by atoms with van der Waals surface area (Å²) in [5.41, 5.74) is 1.65. The van der Waals surface area contributed by atoms with Gasteiger partial charge in [-0.05, 0) is 11.1 Å². The van der Waals surface area contributed by atoms with Gasteiger partial charge in [-0.15, -0.1) is 0 Å². The van der Waals surface area contributed by atoms with Crippen LogP contribution < -0.4 is 10.6 Å². The van der Waals surface area contributed by atoms with Crippen molar-refractivity contribution in [2.45, 2.75) is 19.8 Å². The van der Waals surface area contributed by atoms with Crippen molar-refractivity contribution in [3.05, 3.63) is 84.1 Å². The van der Waals surface area contributed by atoms with Crippen molar-refractivity contribution in [3.63, 3.8) is 0 Å². The minimum Gasteiger partial charge on any atom is -0.444 e. The highest BCUT2D eigenvalue weighted by Gasteiger charge is 2.17. The maximum atomic E-state index is 12.5. The van der Waals surface area contributed by atoms with Crippen molar-refractivity contribution in [2.24, 2.45) is 4.99 Å². The van der Waals surface area contributed by atoms with Gasteiger partial charge >= 0.3 is 12.2 Å². The predicted octanol–water partition coefficient (Wildman–Crippen LogP) is 2.99. The van der Waals surface area contributed by atoms with Crippen LogP contribution in [-0.2, 0) is 34.0 Å². The normalized spacial score (nSPS) is 13.8. The number of methoxy groups -OCH3 is 1. The number of nitrogens with one attached hydrogen (secondary N) is 2. The molecule has 0 saturated carbocycles. The van der Waals surface area contributed by atoms with Gasteiger partial charge < -0.3 is 14.2 Å². The molecule has 1 aliphatic rings. The third-order valence-electron chi connectivity index (χ3n) is 6.44. The van der Waals surface area contributed by atoms with Gasteiger partial charge in [-0.25, -0.2) is 9.59 Å². The minimum absolute atomic E-state index is 0.0632. The van der Waals surface area contributed by atoms with E-state index in [-0.39, 0.29) is 19.2 Å². The molecule has 2 heterocycles. The van der Waals surface area contributed by atoms with Crippen molar-refractivity contribution in [3.8, 4) is 0 Å². The van der Waals surface area contributed by atoms with Crippen LogP contribution in [0.4, 0.5) is 15.4 Å². The average molecular weight is 564 g/mol. The fourth-order valence-corrected chi connectivity index (χ4v) is 4.15. The van der Waals surface area contributed by atoms with E-state index in [1.807, 2.05) is 66.9 Å². The van der Waals surface area contributed by atoms with Crippen LogP contribution in [0, 0.1) is 0 Å². The Morgan fingerprint density at radius 1 is 0.780 bits per heavy atom. The van der Waals surface area contributed by atoms with E-state index < -0.39 is 12.2 Å². The summed E-state index contributed by atoms with van der Waals surface area (Å²) in [6.07, 6.45) is 0.257. The number of hydrogen-bond acceptors (Lipinski definition) is 9. The minimum atomic E-state index is -0.778. The highest BCUT2D eigenvalue weighted by atomic mass is 16.6. The number of benzene rings is 2. The topological polar surface area (TPSA) is 123 Å². The molecule has 4 rings (SSSR count). The zero-order valence-corrected chi connectivity index (χ0v) is 23.3. The SMILES string of the molecule is COCCN1CCN(CCn2ccc(N=C(NC(=O)OCc3ccccc3)NC(=O)OCc3ccccc3)n2)CC1. The Morgan fingerprint density at radius 3 is 1.85 bits per heavy atom. The smallest absolute Gasteiger partial charge is 0.414 e. The van der Waals surface area contributed by atoms with Gasteiger partial charge in [0.1, 0.15) is 13.2 Å². The Labute approximate surface area is 239 Å². The molecule has 0 unspecified atom stereocenters. The van der Waals surface area contributed by atoms with Crippen LogP contribution in [0.2, 0.25) is 0 Å². The second-order valence-electron chi connectivity index (χ2n) is 9.45. The number of aromatic nitrogens is 2. The largest absolute Gasteiger partial charge is 0.444 e. The Morgan fingerprint density at radius 2 is 1.32 bits per heavy atom.